The van der Waals surface area contributed by atoms with Crippen molar-refractivity contribution in [1.29, 1.82) is 5.26 Å². The highest BCUT2D eigenvalue weighted by molar-refractivity contribution is 6.32. The molecule has 0 radical (unpaired) electrons. The van der Waals surface area contributed by atoms with Crippen molar-refractivity contribution in [2.45, 2.75) is 0 Å². The van der Waals surface area contributed by atoms with Crippen LogP contribution in [0.3, 0.4) is 0 Å². The molecular weight excluding hydrogens is 332 g/mol. The average Bonchev–Trinajstić information content (AvgIpc) is 2.55. The summed E-state index contributed by atoms with van der Waals surface area (Å²) in [5.41, 5.74) is 0.534. The number of carboxylic acid groups (broad SMARTS) is 1. The molecule has 0 spiro atoms. The number of anilines is 1. The van der Waals surface area contributed by atoms with E-state index in [2.05, 4.69) is 5.32 Å². The summed E-state index contributed by atoms with van der Waals surface area (Å²) in [6.45, 7) is 0. The van der Waals surface area contributed by atoms with Gasteiger partial charge in [-0.15, -0.1) is 0 Å². The van der Waals surface area contributed by atoms with Crippen LogP contribution in [0.5, 0.6) is 5.75 Å². The third kappa shape index (κ3) is 4.12. The molecule has 0 heterocycles. The van der Waals surface area contributed by atoms with Gasteiger partial charge in [-0.25, -0.2) is 4.79 Å². The van der Waals surface area contributed by atoms with Crippen LogP contribution in [0.15, 0.2) is 48.0 Å². The Labute approximate surface area is 142 Å². The Morgan fingerprint density at radius 2 is 1.96 bits per heavy atom. The highest BCUT2D eigenvalue weighted by Gasteiger charge is 2.11. The first-order chi connectivity index (χ1) is 11.4. The Balaban J connectivity index is 2.24. The maximum Gasteiger partial charge on any atom is 0.335 e. The number of aromatic carboxylic acids is 1. The van der Waals surface area contributed by atoms with Crippen molar-refractivity contribution < 1.29 is 19.8 Å². The molecule has 0 aromatic heterocycles. The molecule has 2 rings (SSSR count). The number of phenols is 1. The lowest BCUT2D eigenvalue weighted by Crippen LogP contribution is -2.13. The SMILES string of the molecule is N#C/C(=C/c1ccc(O)c(Cl)c1)C(=O)Nc1cccc(C(=O)O)c1. The Morgan fingerprint density at radius 3 is 2.58 bits per heavy atom. The lowest BCUT2D eigenvalue weighted by molar-refractivity contribution is -0.112. The zero-order valence-corrected chi connectivity index (χ0v) is 12.9. The van der Waals surface area contributed by atoms with Crippen molar-refractivity contribution in [1.82, 2.24) is 0 Å². The monoisotopic (exact) mass is 342 g/mol. The Hall–Kier alpha value is -3.30. The molecule has 3 N–H and O–H groups in total. The molecule has 1 amide bonds. The smallest absolute Gasteiger partial charge is 0.335 e. The van der Waals surface area contributed by atoms with Crippen LogP contribution in [-0.4, -0.2) is 22.1 Å². The normalized spacial score (nSPS) is 10.8. The van der Waals surface area contributed by atoms with E-state index in [0.717, 1.165) is 0 Å². The summed E-state index contributed by atoms with van der Waals surface area (Å²) in [5, 5.41) is 30.0. The molecule has 2 aromatic carbocycles. The van der Waals surface area contributed by atoms with Gasteiger partial charge in [0.2, 0.25) is 0 Å². The molecule has 0 saturated heterocycles. The Kier molecular flexibility index (Phi) is 5.20. The second-order valence-electron chi connectivity index (χ2n) is 4.72. The summed E-state index contributed by atoms with van der Waals surface area (Å²) < 4.78 is 0. The minimum absolute atomic E-state index is 0.0144. The van der Waals surface area contributed by atoms with Gasteiger partial charge in [0.25, 0.3) is 5.91 Å². The van der Waals surface area contributed by atoms with Crippen molar-refractivity contribution in [3.8, 4) is 11.8 Å². The molecule has 0 aliphatic heterocycles. The second-order valence-corrected chi connectivity index (χ2v) is 5.13. The van der Waals surface area contributed by atoms with Crippen molar-refractivity contribution >= 4 is 35.2 Å². The first-order valence-corrected chi connectivity index (χ1v) is 7.03. The quantitative estimate of drug-likeness (QED) is 0.583. The summed E-state index contributed by atoms with van der Waals surface area (Å²) >= 11 is 5.78. The number of carbonyl (C=O) groups excluding carboxylic acids is 1. The first kappa shape index (κ1) is 17.1. The number of hydrogen-bond acceptors (Lipinski definition) is 4. The van der Waals surface area contributed by atoms with Gasteiger partial charge < -0.3 is 15.5 Å². The Bertz CT molecular complexity index is 884. The van der Waals surface area contributed by atoms with Crippen LogP contribution in [0.1, 0.15) is 15.9 Å². The number of rotatable bonds is 4. The van der Waals surface area contributed by atoms with Crippen molar-refractivity contribution in [3.63, 3.8) is 0 Å². The van der Waals surface area contributed by atoms with Gasteiger partial charge in [-0.1, -0.05) is 23.7 Å². The van der Waals surface area contributed by atoms with E-state index in [-0.39, 0.29) is 27.6 Å². The lowest BCUT2D eigenvalue weighted by atomic mass is 10.1. The topological polar surface area (TPSA) is 110 Å². The number of carbonyl (C=O) groups is 2. The molecule has 24 heavy (non-hydrogen) atoms. The van der Waals surface area contributed by atoms with Gasteiger partial charge in [0.1, 0.15) is 17.4 Å². The fourth-order valence-corrected chi connectivity index (χ4v) is 2.05. The van der Waals surface area contributed by atoms with Crippen molar-refractivity contribution in [2.24, 2.45) is 0 Å². The van der Waals surface area contributed by atoms with E-state index < -0.39 is 11.9 Å². The largest absolute Gasteiger partial charge is 0.506 e. The maximum atomic E-state index is 12.1. The number of amides is 1. The summed E-state index contributed by atoms with van der Waals surface area (Å²) in [6, 6.07) is 11.7. The number of hydrogen-bond donors (Lipinski definition) is 3. The van der Waals surface area contributed by atoms with Gasteiger partial charge in [-0.3, -0.25) is 4.79 Å². The van der Waals surface area contributed by atoms with Crippen LogP contribution in [0.25, 0.3) is 6.08 Å². The fraction of sp³-hybridized carbons (Fsp3) is 0. The summed E-state index contributed by atoms with van der Waals surface area (Å²) in [6.07, 6.45) is 1.31. The second kappa shape index (κ2) is 7.31. The molecule has 0 fully saturated rings. The number of nitrogens with one attached hydrogen (secondary N) is 1. The van der Waals surface area contributed by atoms with Crippen LogP contribution in [-0.2, 0) is 4.79 Å². The fourth-order valence-electron chi connectivity index (χ4n) is 1.86. The first-order valence-electron chi connectivity index (χ1n) is 6.65. The van der Waals surface area contributed by atoms with E-state index in [9.17, 15) is 14.7 Å². The number of aromatic hydroxyl groups is 1. The molecule has 0 aliphatic rings. The van der Waals surface area contributed by atoms with Crippen LogP contribution >= 0.6 is 11.6 Å². The third-order valence-corrected chi connectivity index (χ3v) is 3.32. The van der Waals surface area contributed by atoms with E-state index in [1.54, 1.807) is 6.07 Å². The summed E-state index contributed by atoms with van der Waals surface area (Å²) in [4.78, 5) is 23.1. The zero-order valence-electron chi connectivity index (χ0n) is 12.2. The van der Waals surface area contributed by atoms with Gasteiger partial charge in [0, 0.05) is 5.69 Å². The molecule has 0 aliphatic carbocycles. The minimum Gasteiger partial charge on any atom is -0.506 e. The average molecular weight is 343 g/mol. The van der Waals surface area contributed by atoms with E-state index in [1.165, 1.54) is 48.5 Å². The number of nitrogens with zero attached hydrogens (tertiary/aromatic N) is 1. The van der Waals surface area contributed by atoms with Crippen molar-refractivity contribution in [2.75, 3.05) is 5.32 Å². The van der Waals surface area contributed by atoms with Gasteiger partial charge in [-0.05, 0) is 42.0 Å². The van der Waals surface area contributed by atoms with E-state index in [0.29, 0.717) is 5.56 Å². The van der Waals surface area contributed by atoms with E-state index in [1.807, 2.05) is 0 Å². The molecule has 2 aromatic rings. The van der Waals surface area contributed by atoms with E-state index >= 15 is 0 Å². The molecule has 0 bridgehead atoms. The van der Waals surface area contributed by atoms with Gasteiger partial charge in [0.15, 0.2) is 0 Å². The molecule has 0 saturated carbocycles. The minimum atomic E-state index is -1.12. The summed E-state index contributed by atoms with van der Waals surface area (Å²) in [7, 11) is 0. The molecular formula is C17H11ClN2O4. The number of phenolic OH excluding ortho intramolecular Hbond substituents is 1. The standard InChI is InChI=1S/C17H11ClN2O4/c18-14-7-10(4-5-15(14)21)6-12(9-19)16(22)20-13-3-1-2-11(8-13)17(23)24/h1-8,21H,(H,20,22)(H,23,24)/b12-6-. The van der Waals surface area contributed by atoms with Gasteiger partial charge >= 0.3 is 5.97 Å². The van der Waals surface area contributed by atoms with Gasteiger partial charge in [-0.2, -0.15) is 5.26 Å². The molecule has 0 unspecified atom stereocenters. The Morgan fingerprint density at radius 1 is 1.21 bits per heavy atom. The lowest BCUT2D eigenvalue weighted by Gasteiger charge is -2.05. The number of carboxylic acids is 1. The number of halogens is 1. The van der Waals surface area contributed by atoms with Crippen LogP contribution in [0, 0.1) is 11.3 Å². The van der Waals surface area contributed by atoms with Gasteiger partial charge in [0.05, 0.1) is 10.6 Å². The molecule has 6 nitrogen and oxygen atoms in total. The highest BCUT2D eigenvalue weighted by atomic mass is 35.5. The van der Waals surface area contributed by atoms with Crippen LogP contribution < -0.4 is 5.32 Å². The molecule has 0 atom stereocenters. The third-order valence-electron chi connectivity index (χ3n) is 3.02. The number of benzene rings is 2. The predicted octanol–water partition coefficient (Wildman–Crippen LogP) is 3.29. The van der Waals surface area contributed by atoms with Crippen LogP contribution in [0.4, 0.5) is 5.69 Å². The number of nitriles is 1. The molecule has 7 heteroatoms. The highest BCUT2D eigenvalue weighted by Crippen LogP contribution is 2.24. The maximum absolute atomic E-state index is 12.1. The molecule has 120 valence electrons. The predicted molar refractivity (Wildman–Crippen MR) is 88.7 cm³/mol. The van der Waals surface area contributed by atoms with Crippen LogP contribution in [0.2, 0.25) is 5.02 Å². The summed E-state index contributed by atoms with van der Waals surface area (Å²) in [5.74, 6) is -1.92. The zero-order chi connectivity index (χ0) is 17.7. The van der Waals surface area contributed by atoms with E-state index in [4.69, 9.17) is 22.0 Å². The van der Waals surface area contributed by atoms with Crippen molar-refractivity contribution in [3.05, 3.63) is 64.2 Å².